The van der Waals surface area contributed by atoms with E-state index >= 15 is 0 Å². The van der Waals surface area contributed by atoms with Gasteiger partial charge in [-0.15, -0.1) is 0 Å². The van der Waals surface area contributed by atoms with Crippen molar-refractivity contribution in [1.29, 1.82) is 0 Å². The summed E-state index contributed by atoms with van der Waals surface area (Å²) in [7, 11) is -8.54. The first-order valence-electron chi connectivity index (χ1n) is 8.88. The van der Waals surface area contributed by atoms with Gasteiger partial charge in [-0.05, 0) is 28.6 Å². The number of benzene rings is 3. The molecule has 0 radical (unpaired) electrons. The molecule has 154 valence electrons. The summed E-state index contributed by atoms with van der Waals surface area (Å²) in [4.78, 5) is 4.73. The van der Waals surface area contributed by atoms with Crippen molar-refractivity contribution in [3.63, 3.8) is 0 Å². The first-order valence-corrected chi connectivity index (χ1v) is 12.1. The third-order valence-corrected chi connectivity index (χ3v) is 6.07. The lowest BCUT2D eigenvalue weighted by molar-refractivity contribution is 0.461. The van der Waals surface area contributed by atoms with Crippen molar-refractivity contribution in [1.82, 2.24) is 4.98 Å². The molecular weight excluding hydrogens is 426 g/mol. The number of pyridine rings is 1. The maximum absolute atomic E-state index is 11.3. The lowest BCUT2D eigenvalue weighted by Crippen LogP contribution is -2.02. The van der Waals surface area contributed by atoms with Crippen molar-refractivity contribution in [2.45, 2.75) is 11.5 Å². The lowest BCUT2D eigenvalue weighted by Gasteiger charge is -2.12. The first-order chi connectivity index (χ1) is 14.1. The minimum atomic E-state index is -4.37. The van der Waals surface area contributed by atoms with E-state index in [4.69, 9.17) is 4.98 Å². The van der Waals surface area contributed by atoms with E-state index in [0.29, 0.717) is 22.3 Å². The molecule has 0 saturated carbocycles. The molecule has 0 unspecified atom stereocenters. The number of fused-ring (bicyclic) bond motifs is 3. The van der Waals surface area contributed by atoms with E-state index in [1.165, 1.54) is 0 Å². The monoisotopic (exact) mass is 442 g/mol. The third-order valence-electron chi connectivity index (χ3n) is 4.69. The van der Waals surface area contributed by atoms with Gasteiger partial charge in [0.15, 0.2) is 0 Å². The van der Waals surface area contributed by atoms with Crippen LogP contribution >= 0.6 is 0 Å². The molecule has 0 saturated heterocycles. The van der Waals surface area contributed by atoms with Crippen molar-refractivity contribution in [3.8, 4) is 11.3 Å². The zero-order valence-electron chi connectivity index (χ0n) is 15.5. The summed E-state index contributed by atoms with van der Waals surface area (Å²) in [5.41, 5.74) is 2.90. The van der Waals surface area contributed by atoms with Gasteiger partial charge in [0.2, 0.25) is 0 Å². The van der Waals surface area contributed by atoms with Crippen molar-refractivity contribution < 1.29 is 25.9 Å². The molecule has 30 heavy (non-hydrogen) atoms. The molecule has 1 N–H and O–H groups in total. The summed E-state index contributed by atoms with van der Waals surface area (Å²) in [6.45, 7) is 0. The maximum Gasteiger partial charge on any atom is 0.269 e. The molecule has 1 heterocycles. The molecule has 0 bridgehead atoms. The van der Waals surface area contributed by atoms with Gasteiger partial charge in [0.05, 0.1) is 27.1 Å². The fourth-order valence-electron chi connectivity index (χ4n) is 3.48. The first kappa shape index (κ1) is 20.4. The molecule has 4 aromatic rings. The number of nitrogens with zero attached hydrogens (tertiary/aromatic N) is 1. The standard InChI is InChI=1S/C21H17NO6S2/c23-29(24,25)12-14-5-8-16(9-6-14)21-18-10-7-15(13-30(26,27)28)11-19(18)17-3-1-2-4-20(17)22-21/h1-11H,12-13H2,(H,23,24,25)(H,26,27,28)/p-1. The van der Waals surface area contributed by atoms with E-state index < -0.39 is 31.7 Å². The van der Waals surface area contributed by atoms with Crippen LogP contribution in [0.5, 0.6) is 0 Å². The van der Waals surface area contributed by atoms with Crippen LogP contribution in [0.2, 0.25) is 0 Å². The predicted octanol–water partition coefficient (Wildman–Crippen LogP) is 3.49. The Hall–Kier alpha value is -2.85. The zero-order valence-corrected chi connectivity index (χ0v) is 17.2. The highest BCUT2D eigenvalue weighted by molar-refractivity contribution is 7.85. The third kappa shape index (κ3) is 4.49. The Morgan fingerprint density at radius 2 is 1.43 bits per heavy atom. The highest BCUT2D eigenvalue weighted by atomic mass is 32.2. The Bertz CT molecular complexity index is 1480. The van der Waals surface area contributed by atoms with Crippen molar-refractivity contribution in [2.24, 2.45) is 0 Å². The van der Waals surface area contributed by atoms with E-state index in [2.05, 4.69) is 0 Å². The molecule has 7 nitrogen and oxygen atoms in total. The normalized spacial score (nSPS) is 12.5. The molecule has 3 aromatic carbocycles. The van der Waals surface area contributed by atoms with Gasteiger partial charge in [-0.25, -0.2) is 13.4 Å². The Morgan fingerprint density at radius 3 is 2.10 bits per heavy atom. The Balaban J connectivity index is 1.91. The summed E-state index contributed by atoms with van der Waals surface area (Å²) in [5, 5.41) is 2.39. The van der Waals surface area contributed by atoms with Crippen LogP contribution in [0.4, 0.5) is 0 Å². The smallest absolute Gasteiger partial charge is 0.269 e. The van der Waals surface area contributed by atoms with Gasteiger partial charge < -0.3 is 4.55 Å². The number of aromatic nitrogens is 1. The number of hydrogen-bond donors (Lipinski definition) is 1. The lowest BCUT2D eigenvalue weighted by atomic mass is 9.98. The van der Waals surface area contributed by atoms with E-state index in [-0.39, 0.29) is 0 Å². The van der Waals surface area contributed by atoms with Crippen LogP contribution in [0, 0.1) is 0 Å². The van der Waals surface area contributed by atoms with Crippen LogP contribution in [-0.2, 0) is 31.7 Å². The molecule has 0 atom stereocenters. The van der Waals surface area contributed by atoms with Crippen LogP contribution in [-0.4, -0.2) is 30.9 Å². The van der Waals surface area contributed by atoms with Gasteiger partial charge in [0.1, 0.15) is 5.75 Å². The van der Waals surface area contributed by atoms with Crippen molar-refractivity contribution >= 4 is 41.9 Å². The second kappa shape index (κ2) is 7.44. The molecule has 0 spiro atoms. The van der Waals surface area contributed by atoms with Crippen LogP contribution in [0.3, 0.4) is 0 Å². The fraction of sp³-hybridized carbons (Fsp3) is 0.0952. The van der Waals surface area contributed by atoms with E-state index in [1.807, 2.05) is 24.3 Å². The van der Waals surface area contributed by atoms with Gasteiger partial charge >= 0.3 is 0 Å². The molecule has 1 aromatic heterocycles. The molecule has 9 heteroatoms. The minimum Gasteiger partial charge on any atom is -0.748 e. The average molecular weight is 442 g/mol. The van der Waals surface area contributed by atoms with Gasteiger partial charge in [0, 0.05) is 16.3 Å². The fourth-order valence-corrected chi connectivity index (χ4v) is 4.69. The summed E-state index contributed by atoms with van der Waals surface area (Å²) in [6, 6.07) is 19.0. The average Bonchev–Trinajstić information content (AvgIpc) is 2.65. The minimum absolute atomic E-state index is 0.384. The summed E-state index contributed by atoms with van der Waals surface area (Å²) < 4.78 is 64.7. The quantitative estimate of drug-likeness (QED) is 0.370. The SMILES string of the molecule is O=S(=O)([O-])Cc1ccc(-c2nc3ccccc3c3cc(CS(=O)(=O)O)ccc23)cc1. The van der Waals surface area contributed by atoms with Crippen molar-refractivity contribution in [2.75, 3.05) is 0 Å². The van der Waals surface area contributed by atoms with E-state index in [0.717, 1.165) is 21.7 Å². The number of hydrogen-bond acceptors (Lipinski definition) is 6. The highest BCUT2D eigenvalue weighted by Gasteiger charge is 2.13. The van der Waals surface area contributed by atoms with Crippen LogP contribution in [0.15, 0.2) is 66.7 Å². The van der Waals surface area contributed by atoms with Crippen LogP contribution < -0.4 is 0 Å². The van der Waals surface area contributed by atoms with Gasteiger partial charge in [-0.2, -0.15) is 8.42 Å². The largest absolute Gasteiger partial charge is 0.748 e. The van der Waals surface area contributed by atoms with Crippen LogP contribution in [0.1, 0.15) is 11.1 Å². The molecule has 0 amide bonds. The van der Waals surface area contributed by atoms with E-state index in [1.54, 1.807) is 42.5 Å². The van der Waals surface area contributed by atoms with Crippen LogP contribution in [0.25, 0.3) is 32.9 Å². The Labute approximate surface area is 173 Å². The molecule has 0 fully saturated rings. The summed E-state index contributed by atoms with van der Waals surface area (Å²) >= 11 is 0. The zero-order chi connectivity index (χ0) is 21.5. The van der Waals surface area contributed by atoms with E-state index in [9.17, 15) is 25.9 Å². The Morgan fingerprint density at radius 1 is 0.767 bits per heavy atom. The van der Waals surface area contributed by atoms with Gasteiger partial charge in [0.25, 0.3) is 10.1 Å². The number of para-hydroxylation sites is 1. The molecular formula is C21H16NO6S2-. The topological polar surface area (TPSA) is 124 Å². The second-order valence-corrected chi connectivity index (χ2v) is 9.84. The second-order valence-electron chi connectivity index (χ2n) is 6.98. The maximum atomic E-state index is 11.3. The highest BCUT2D eigenvalue weighted by Crippen LogP contribution is 2.33. The molecule has 0 aliphatic carbocycles. The summed E-state index contributed by atoms with van der Waals surface area (Å²) in [5.74, 6) is -1.08. The van der Waals surface area contributed by atoms with Crippen molar-refractivity contribution in [3.05, 3.63) is 77.9 Å². The molecule has 0 aliphatic heterocycles. The molecule has 4 rings (SSSR count). The Kier molecular flexibility index (Phi) is 5.07. The molecule has 0 aliphatic rings. The van der Waals surface area contributed by atoms with Gasteiger partial charge in [-0.3, -0.25) is 4.55 Å². The van der Waals surface area contributed by atoms with Gasteiger partial charge in [-0.1, -0.05) is 54.6 Å². The predicted molar refractivity (Wildman–Crippen MR) is 113 cm³/mol. The summed E-state index contributed by atoms with van der Waals surface area (Å²) in [6.07, 6.45) is 0. The number of rotatable bonds is 5.